The van der Waals surface area contributed by atoms with E-state index in [-0.39, 0.29) is 12.0 Å². The zero-order chi connectivity index (χ0) is 12.5. The fourth-order valence-electron chi connectivity index (χ4n) is 2.51. The van der Waals surface area contributed by atoms with Crippen molar-refractivity contribution in [2.75, 3.05) is 6.61 Å². The van der Waals surface area contributed by atoms with E-state index >= 15 is 0 Å². The van der Waals surface area contributed by atoms with Gasteiger partial charge in [-0.1, -0.05) is 6.92 Å². The molecule has 1 aliphatic heterocycles. The third-order valence-electron chi connectivity index (χ3n) is 3.28. The van der Waals surface area contributed by atoms with E-state index in [9.17, 15) is 4.79 Å². The molecule has 0 spiro atoms. The van der Waals surface area contributed by atoms with Crippen LogP contribution in [0.15, 0.2) is 6.33 Å². The predicted molar refractivity (Wildman–Crippen MR) is 63.5 cm³/mol. The predicted octanol–water partition coefficient (Wildman–Crippen LogP) is 1.11. The highest BCUT2D eigenvalue weighted by atomic mass is 16.5. The maximum absolute atomic E-state index is 12.2. The lowest BCUT2D eigenvalue weighted by Crippen LogP contribution is -2.57. The monoisotopic (exact) mass is 237 g/mol. The van der Waals surface area contributed by atoms with E-state index in [0.717, 1.165) is 17.8 Å². The van der Waals surface area contributed by atoms with Gasteiger partial charge in [-0.3, -0.25) is 5.32 Å². The molecule has 94 valence electrons. The number of fused-ring (bicyclic) bond motifs is 1. The Morgan fingerprint density at radius 2 is 2.41 bits per heavy atom. The van der Waals surface area contributed by atoms with E-state index in [1.807, 2.05) is 13.8 Å². The fourth-order valence-corrected chi connectivity index (χ4v) is 2.51. The van der Waals surface area contributed by atoms with Crippen molar-refractivity contribution in [3.8, 4) is 0 Å². The maximum atomic E-state index is 12.2. The molecule has 0 unspecified atom stereocenters. The number of carbonyl (C=O) groups excluding carboxylic acids is 1. The van der Waals surface area contributed by atoms with Gasteiger partial charge in [0.05, 0.1) is 18.6 Å². The normalized spacial score (nSPS) is 27.6. The number of hydrogen-bond donors (Lipinski definition) is 2. The number of esters is 1. The van der Waals surface area contributed by atoms with Gasteiger partial charge in [0.25, 0.3) is 0 Å². The number of rotatable bonds is 3. The van der Waals surface area contributed by atoms with Crippen molar-refractivity contribution in [3.05, 3.63) is 17.7 Å². The second kappa shape index (κ2) is 4.49. The van der Waals surface area contributed by atoms with Gasteiger partial charge >= 0.3 is 5.97 Å². The number of carbonyl (C=O) groups is 1. The molecule has 2 heterocycles. The minimum Gasteiger partial charge on any atom is -0.464 e. The van der Waals surface area contributed by atoms with Gasteiger partial charge in [0.15, 0.2) is 5.54 Å². The van der Waals surface area contributed by atoms with E-state index in [1.54, 1.807) is 6.33 Å². The summed E-state index contributed by atoms with van der Waals surface area (Å²) >= 11 is 0. The van der Waals surface area contributed by atoms with Crippen LogP contribution in [0.2, 0.25) is 0 Å². The number of aromatic nitrogens is 2. The number of nitrogens with one attached hydrogen (secondary N) is 2. The third-order valence-corrected chi connectivity index (χ3v) is 3.28. The molecule has 0 amide bonds. The van der Waals surface area contributed by atoms with Crippen LogP contribution in [0.25, 0.3) is 0 Å². The number of imidazole rings is 1. The standard InChI is InChI=1S/C12H19N3O2/c1-4-12(11(16)17-5-2)10-9(13-7-14-10)6-8(3)15-12/h7-8,15H,4-6H2,1-3H3,(H,13,14)/t8-,12+/m1/s1. The number of hydrogen-bond acceptors (Lipinski definition) is 4. The molecule has 5 heteroatoms. The van der Waals surface area contributed by atoms with Crippen molar-refractivity contribution in [1.29, 1.82) is 0 Å². The first kappa shape index (κ1) is 12.1. The van der Waals surface area contributed by atoms with Gasteiger partial charge in [-0.25, -0.2) is 9.78 Å². The molecule has 1 aliphatic rings. The van der Waals surface area contributed by atoms with Crippen LogP contribution in [0.1, 0.15) is 38.6 Å². The van der Waals surface area contributed by atoms with Crippen molar-refractivity contribution >= 4 is 5.97 Å². The highest BCUT2D eigenvalue weighted by Crippen LogP contribution is 2.32. The SMILES string of the molecule is CCOC(=O)[C@@]1(CC)N[C@H](C)Cc2[nH]cnc21. The molecule has 17 heavy (non-hydrogen) atoms. The Morgan fingerprint density at radius 1 is 1.65 bits per heavy atom. The molecule has 1 aromatic heterocycles. The first-order valence-electron chi connectivity index (χ1n) is 6.11. The molecule has 2 N–H and O–H groups in total. The van der Waals surface area contributed by atoms with Crippen LogP contribution in [0.3, 0.4) is 0 Å². The molecule has 2 atom stereocenters. The minimum absolute atomic E-state index is 0.229. The zero-order valence-corrected chi connectivity index (χ0v) is 10.5. The van der Waals surface area contributed by atoms with Crippen molar-refractivity contribution in [1.82, 2.24) is 15.3 Å². The second-order valence-corrected chi connectivity index (χ2v) is 4.46. The molecular formula is C12H19N3O2. The molecule has 0 aliphatic carbocycles. The number of H-pyrrole nitrogens is 1. The van der Waals surface area contributed by atoms with Gasteiger partial charge in [0, 0.05) is 18.2 Å². The summed E-state index contributed by atoms with van der Waals surface area (Å²) in [5, 5.41) is 3.35. The lowest BCUT2D eigenvalue weighted by atomic mass is 9.84. The summed E-state index contributed by atoms with van der Waals surface area (Å²) in [5.74, 6) is -0.234. The third kappa shape index (κ3) is 1.84. The lowest BCUT2D eigenvalue weighted by Gasteiger charge is -2.37. The second-order valence-electron chi connectivity index (χ2n) is 4.46. The van der Waals surface area contributed by atoms with Crippen molar-refractivity contribution in [2.45, 2.75) is 45.2 Å². The first-order chi connectivity index (χ1) is 8.14. The number of aromatic amines is 1. The van der Waals surface area contributed by atoms with Crippen LogP contribution >= 0.6 is 0 Å². The highest BCUT2D eigenvalue weighted by Gasteiger charge is 2.47. The summed E-state index contributed by atoms with van der Waals surface area (Å²) in [4.78, 5) is 19.6. The van der Waals surface area contributed by atoms with Crippen LogP contribution in [0, 0.1) is 0 Å². The first-order valence-corrected chi connectivity index (χ1v) is 6.11. The zero-order valence-electron chi connectivity index (χ0n) is 10.5. The molecule has 2 rings (SSSR count). The van der Waals surface area contributed by atoms with E-state index in [1.165, 1.54) is 0 Å². The van der Waals surface area contributed by atoms with Crippen LogP contribution in [-0.2, 0) is 21.5 Å². The Hall–Kier alpha value is -1.36. The van der Waals surface area contributed by atoms with E-state index in [4.69, 9.17) is 4.74 Å². The Kier molecular flexibility index (Phi) is 3.19. The summed E-state index contributed by atoms with van der Waals surface area (Å²) in [6.45, 7) is 6.24. The minimum atomic E-state index is -0.789. The molecule has 0 radical (unpaired) electrons. The van der Waals surface area contributed by atoms with Gasteiger partial charge < -0.3 is 9.72 Å². The fraction of sp³-hybridized carbons (Fsp3) is 0.667. The molecule has 0 saturated heterocycles. The number of nitrogens with zero attached hydrogens (tertiary/aromatic N) is 1. The summed E-state index contributed by atoms with van der Waals surface area (Å²) < 4.78 is 5.19. The topological polar surface area (TPSA) is 67.0 Å². The van der Waals surface area contributed by atoms with Crippen molar-refractivity contribution < 1.29 is 9.53 Å². The molecule has 0 aromatic carbocycles. The largest absolute Gasteiger partial charge is 0.464 e. The molecule has 0 saturated carbocycles. The van der Waals surface area contributed by atoms with Crippen LogP contribution in [0.4, 0.5) is 0 Å². The van der Waals surface area contributed by atoms with Gasteiger partial charge in [-0.15, -0.1) is 0 Å². The van der Waals surface area contributed by atoms with Gasteiger partial charge in [-0.05, 0) is 20.3 Å². The Labute approximate surface area is 101 Å². The lowest BCUT2D eigenvalue weighted by molar-refractivity contribution is -0.153. The van der Waals surface area contributed by atoms with Gasteiger partial charge in [0.1, 0.15) is 0 Å². The smallest absolute Gasteiger partial charge is 0.332 e. The quantitative estimate of drug-likeness (QED) is 0.773. The summed E-state index contributed by atoms with van der Waals surface area (Å²) in [7, 11) is 0. The Morgan fingerprint density at radius 3 is 3.06 bits per heavy atom. The molecular weight excluding hydrogens is 218 g/mol. The van der Waals surface area contributed by atoms with Crippen LogP contribution in [-0.4, -0.2) is 28.6 Å². The van der Waals surface area contributed by atoms with E-state index in [2.05, 4.69) is 22.2 Å². The summed E-state index contributed by atoms with van der Waals surface area (Å²) in [6.07, 6.45) is 3.14. The Bertz CT molecular complexity index is 416. The average molecular weight is 237 g/mol. The summed E-state index contributed by atoms with van der Waals surface area (Å²) in [6, 6.07) is 0.229. The molecule has 1 aromatic rings. The Balaban J connectivity index is 2.44. The maximum Gasteiger partial charge on any atom is 0.332 e. The summed E-state index contributed by atoms with van der Waals surface area (Å²) in [5.41, 5.74) is 1.03. The van der Waals surface area contributed by atoms with Crippen LogP contribution in [0.5, 0.6) is 0 Å². The van der Waals surface area contributed by atoms with Gasteiger partial charge in [-0.2, -0.15) is 0 Å². The van der Waals surface area contributed by atoms with E-state index < -0.39 is 5.54 Å². The molecule has 0 bridgehead atoms. The van der Waals surface area contributed by atoms with Crippen LogP contribution < -0.4 is 5.32 Å². The van der Waals surface area contributed by atoms with Gasteiger partial charge in [0.2, 0.25) is 0 Å². The number of ether oxygens (including phenoxy) is 1. The molecule has 5 nitrogen and oxygen atoms in total. The highest BCUT2D eigenvalue weighted by molar-refractivity contribution is 5.82. The van der Waals surface area contributed by atoms with Crippen molar-refractivity contribution in [3.63, 3.8) is 0 Å². The van der Waals surface area contributed by atoms with E-state index in [0.29, 0.717) is 13.0 Å². The van der Waals surface area contributed by atoms with Crippen molar-refractivity contribution in [2.24, 2.45) is 0 Å². The molecule has 0 fully saturated rings. The average Bonchev–Trinajstić information content (AvgIpc) is 2.76.